The monoisotopic (exact) mass is 252 g/mol. The molecule has 5 heteroatoms. The molecule has 0 aromatic heterocycles. The number of rotatable bonds is 1. The summed E-state index contributed by atoms with van der Waals surface area (Å²) in [4.78, 5) is 25.1. The highest BCUT2D eigenvalue weighted by molar-refractivity contribution is 6.30. The minimum Gasteiger partial charge on any atom is -0.336 e. The number of nitrogens with one attached hydrogen (secondary N) is 1. The van der Waals surface area contributed by atoms with Crippen molar-refractivity contribution in [2.24, 2.45) is 5.41 Å². The SMILES string of the molecule is CC1(C)CNC(=O)N(c2ccc(Cl)cc2)C1=O. The van der Waals surface area contributed by atoms with Crippen LogP contribution in [0.5, 0.6) is 0 Å². The molecular formula is C12H13ClN2O2. The number of carbonyl (C=O) groups excluding carboxylic acids is 2. The second-order valence-corrected chi connectivity index (χ2v) is 5.10. The highest BCUT2D eigenvalue weighted by Crippen LogP contribution is 2.27. The standard InChI is InChI=1S/C12H13ClN2O2/c1-12(2)7-14-11(17)15(10(12)16)9-5-3-8(13)4-6-9/h3-6H,7H2,1-2H3,(H,14,17). The molecule has 0 radical (unpaired) electrons. The van der Waals surface area contributed by atoms with Crippen molar-refractivity contribution < 1.29 is 9.59 Å². The summed E-state index contributed by atoms with van der Waals surface area (Å²) in [6.45, 7) is 3.96. The van der Waals surface area contributed by atoms with Gasteiger partial charge in [0.05, 0.1) is 11.1 Å². The van der Waals surface area contributed by atoms with Crippen LogP contribution in [0.4, 0.5) is 10.5 Å². The summed E-state index contributed by atoms with van der Waals surface area (Å²) < 4.78 is 0. The van der Waals surface area contributed by atoms with Crippen molar-refractivity contribution in [2.45, 2.75) is 13.8 Å². The molecule has 1 aromatic carbocycles. The van der Waals surface area contributed by atoms with Crippen molar-refractivity contribution in [1.82, 2.24) is 5.32 Å². The summed E-state index contributed by atoms with van der Waals surface area (Å²) in [5, 5.41) is 3.27. The maximum atomic E-state index is 12.2. The molecule has 4 nitrogen and oxygen atoms in total. The molecule has 0 saturated carbocycles. The van der Waals surface area contributed by atoms with Gasteiger partial charge in [-0.15, -0.1) is 0 Å². The maximum absolute atomic E-state index is 12.2. The smallest absolute Gasteiger partial charge is 0.328 e. The van der Waals surface area contributed by atoms with Gasteiger partial charge in [-0.2, -0.15) is 0 Å². The zero-order valence-electron chi connectivity index (χ0n) is 9.66. The number of urea groups is 1. The third-order valence-corrected chi connectivity index (χ3v) is 3.00. The van der Waals surface area contributed by atoms with Crippen LogP contribution in [0.3, 0.4) is 0 Å². The van der Waals surface area contributed by atoms with Crippen molar-refractivity contribution in [3.05, 3.63) is 29.3 Å². The Morgan fingerprint density at radius 3 is 2.41 bits per heavy atom. The predicted molar refractivity (Wildman–Crippen MR) is 66.1 cm³/mol. The van der Waals surface area contributed by atoms with Crippen LogP contribution >= 0.6 is 11.6 Å². The van der Waals surface area contributed by atoms with E-state index in [0.29, 0.717) is 17.3 Å². The first-order valence-electron chi connectivity index (χ1n) is 5.30. The molecule has 0 bridgehead atoms. The van der Waals surface area contributed by atoms with Gasteiger partial charge in [0.15, 0.2) is 0 Å². The van der Waals surface area contributed by atoms with E-state index in [-0.39, 0.29) is 5.91 Å². The van der Waals surface area contributed by atoms with E-state index < -0.39 is 11.4 Å². The van der Waals surface area contributed by atoms with Gasteiger partial charge in [-0.25, -0.2) is 9.69 Å². The molecule has 0 aliphatic carbocycles. The molecule has 0 unspecified atom stereocenters. The highest BCUT2D eigenvalue weighted by Gasteiger charge is 2.40. The van der Waals surface area contributed by atoms with Gasteiger partial charge < -0.3 is 5.32 Å². The molecule has 1 aliphatic heterocycles. The van der Waals surface area contributed by atoms with E-state index in [1.807, 2.05) is 0 Å². The third kappa shape index (κ3) is 2.13. The van der Waals surface area contributed by atoms with Crippen LogP contribution in [-0.4, -0.2) is 18.5 Å². The Bertz CT molecular complexity index is 468. The summed E-state index contributed by atoms with van der Waals surface area (Å²) in [6.07, 6.45) is 0. The van der Waals surface area contributed by atoms with Gasteiger partial charge in [-0.05, 0) is 38.1 Å². The lowest BCUT2D eigenvalue weighted by Crippen LogP contribution is -2.59. The Morgan fingerprint density at radius 1 is 1.24 bits per heavy atom. The molecule has 1 aromatic rings. The lowest BCUT2D eigenvalue weighted by molar-refractivity contribution is -0.126. The van der Waals surface area contributed by atoms with Crippen LogP contribution < -0.4 is 10.2 Å². The van der Waals surface area contributed by atoms with Crippen LogP contribution in [0.25, 0.3) is 0 Å². The van der Waals surface area contributed by atoms with Crippen LogP contribution in [0, 0.1) is 5.41 Å². The maximum Gasteiger partial charge on any atom is 0.328 e. The fourth-order valence-corrected chi connectivity index (χ4v) is 1.80. The summed E-state index contributed by atoms with van der Waals surface area (Å²) in [5.41, 5.74) is -0.0576. The van der Waals surface area contributed by atoms with E-state index in [4.69, 9.17) is 11.6 Å². The zero-order valence-corrected chi connectivity index (χ0v) is 10.4. The van der Waals surface area contributed by atoms with Gasteiger partial charge in [0.2, 0.25) is 5.91 Å². The Labute approximate surface area is 105 Å². The summed E-state index contributed by atoms with van der Waals surface area (Å²) in [6, 6.07) is 6.22. The summed E-state index contributed by atoms with van der Waals surface area (Å²) in [7, 11) is 0. The average molecular weight is 253 g/mol. The van der Waals surface area contributed by atoms with E-state index in [2.05, 4.69) is 5.32 Å². The molecule has 90 valence electrons. The fourth-order valence-electron chi connectivity index (χ4n) is 1.67. The molecule has 1 heterocycles. The molecule has 2 rings (SSSR count). The Kier molecular flexibility index (Phi) is 2.83. The van der Waals surface area contributed by atoms with Gasteiger partial charge in [-0.1, -0.05) is 11.6 Å². The molecule has 1 fully saturated rings. The second-order valence-electron chi connectivity index (χ2n) is 4.66. The third-order valence-electron chi connectivity index (χ3n) is 2.75. The summed E-state index contributed by atoms with van der Waals surface area (Å²) >= 11 is 5.78. The predicted octanol–water partition coefficient (Wildman–Crippen LogP) is 2.42. The van der Waals surface area contributed by atoms with Crippen molar-refractivity contribution in [2.75, 3.05) is 11.4 Å². The number of anilines is 1. The van der Waals surface area contributed by atoms with E-state index in [1.165, 1.54) is 0 Å². The Morgan fingerprint density at radius 2 is 1.82 bits per heavy atom. The van der Waals surface area contributed by atoms with E-state index in [0.717, 1.165) is 4.90 Å². The van der Waals surface area contributed by atoms with Crippen LogP contribution in [0.15, 0.2) is 24.3 Å². The number of hydrogen-bond donors (Lipinski definition) is 1. The zero-order chi connectivity index (χ0) is 12.6. The van der Waals surface area contributed by atoms with Gasteiger partial charge in [-0.3, -0.25) is 4.79 Å². The highest BCUT2D eigenvalue weighted by atomic mass is 35.5. The molecule has 1 aliphatic rings. The fraction of sp³-hybridized carbons (Fsp3) is 0.333. The first kappa shape index (κ1) is 11.9. The van der Waals surface area contributed by atoms with Gasteiger partial charge in [0.1, 0.15) is 0 Å². The lowest BCUT2D eigenvalue weighted by Gasteiger charge is -2.36. The number of hydrogen-bond acceptors (Lipinski definition) is 2. The Balaban J connectivity index is 2.38. The number of carbonyl (C=O) groups is 2. The Hall–Kier alpha value is -1.55. The number of benzene rings is 1. The quantitative estimate of drug-likeness (QED) is 0.835. The van der Waals surface area contributed by atoms with Crippen LogP contribution in [-0.2, 0) is 4.79 Å². The molecule has 1 N–H and O–H groups in total. The lowest BCUT2D eigenvalue weighted by atomic mass is 9.89. The first-order valence-corrected chi connectivity index (χ1v) is 5.67. The van der Waals surface area contributed by atoms with Crippen molar-refractivity contribution in [3.63, 3.8) is 0 Å². The summed E-state index contributed by atoms with van der Waals surface area (Å²) in [5.74, 6) is -0.205. The second kappa shape index (κ2) is 4.04. The first-order chi connectivity index (χ1) is 7.92. The topological polar surface area (TPSA) is 49.4 Å². The van der Waals surface area contributed by atoms with Gasteiger partial charge >= 0.3 is 6.03 Å². The minimum absolute atomic E-state index is 0.205. The molecule has 1 saturated heterocycles. The number of nitrogens with zero attached hydrogens (tertiary/aromatic N) is 1. The molecule has 17 heavy (non-hydrogen) atoms. The van der Waals surface area contributed by atoms with Crippen molar-refractivity contribution in [1.29, 1.82) is 0 Å². The largest absolute Gasteiger partial charge is 0.336 e. The van der Waals surface area contributed by atoms with E-state index in [9.17, 15) is 9.59 Å². The minimum atomic E-state index is -0.590. The molecule has 0 spiro atoms. The molecule has 3 amide bonds. The van der Waals surface area contributed by atoms with Crippen LogP contribution in [0.1, 0.15) is 13.8 Å². The normalized spacial score (nSPS) is 19.1. The van der Waals surface area contributed by atoms with Gasteiger partial charge in [0, 0.05) is 11.6 Å². The number of imide groups is 1. The van der Waals surface area contributed by atoms with Gasteiger partial charge in [0.25, 0.3) is 0 Å². The average Bonchev–Trinajstić information content (AvgIpc) is 2.28. The molecular weight excluding hydrogens is 240 g/mol. The van der Waals surface area contributed by atoms with Crippen molar-refractivity contribution >= 4 is 29.2 Å². The number of amides is 3. The van der Waals surface area contributed by atoms with Crippen LogP contribution in [0.2, 0.25) is 5.02 Å². The van der Waals surface area contributed by atoms with E-state index >= 15 is 0 Å². The van der Waals surface area contributed by atoms with Crippen molar-refractivity contribution in [3.8, 4) is 0 Å². The molecule has 0 atom stereocenters. The number of halogens is 1. The van der Waals surface area contributed by atoms with E-state index in [1.54, 1.807) is 38.1 Å².